The van der Waals surface area contributed by atoms with Crippen LogP contribution in [0.4, 0.5) is 15.8 Å². The number of rotatable bonds is 10. The summed E-state index contributed by atoms with van der Waals surface area (Å²) in [5.74, 6) is 0.765. The van der Waals surface area contributed by atoms with Gasteiger partial charge in [-0.2, -0.15) is 4.91 Å². The van der Waals surface area contributed by atoms with Gasteiger partial charge in [-0.1, -0.05) is 17.3 Å². The van der Waals surface area contributed by atoms with Crippen LogP contribution in [0.2, 0.25) is 0 Å². The Balaban J connectivity index is 0.000000410. The predicted octanol–water partition coefficient (Wildman–Crippen LogP) is 6.78. The van der Waals surface area contributed by atoms with Crippen molar-refractivity contribution < 1.29 is 13.9 Å². The number of pyridine rings is 2. The average molecular weight is 587 g/mol. The van der Waals surface area contributed by atoms with E-state index in [1.807, 2.05) is 46.0 Å². The number of hydrogen-bond acceptors (Lipinski definition) is 8. The maximum Gasteiger partial charge on any atom is 0.214 e. The van der Waals surface area contributed by atoms with E-state index < -0.39 is 6.10 Å². The number of hydrogen-bond donors (Lipinski definition) is 1. The minimum absolute atomic E-state index is 0.216. The molecule has 226 valence electrons. The number of benzene rings is 1. The highest BCUT2D eigenvalue weighted by Gasteiger charge is 2.31. The van der Waals surface area contributed by atoms with Gasteiger partial charge in [-0.15, -0.1) is 0 Å². The van der Waals surface area contributed by atoms with Gasteiger partial charge in [0.25, 0.3) is 0 Å². The normalized spacial score (nSPS) is 16.0. The first-order valence-electron chi connectivity index (χ1n) is 14.5. The number of ether oxygens (including phenoxy) is 1. The van der Waals surface area contributed by atoms with Crippen molar-refractivity contribution in [3.05, 3.63) is 92.7 Å². The summed E-state index contributed by atoms with van der Waals surface area (Å²) >= 11 is 0. The van der Waals surface area contributed by atoms with Crippen LogP contribution >= 0.6 is 0 Å². The van der Waals surface area contributed by atoms with Gasteiger partial charge in [0, 0.05) is 55.4 Å². The van der Waals surface area contributed by atoms with E-state index in [-0.39, 0.29) is 12.4 Å². The number of carbonyl (C=O) groups excluding carboxylic acids is 1. The van der Waals surface area contributed by atoms with E-state index in [0.29, 0.717) is 30.3 Å². The molecule has 1 N–H and O–H groups in total. The molecule has 1 unspecified atom stereocenters. The fourth-order valence-electron chi connectivity index (χ4n) is 5.28. The van der Waals surface area contributed by atoms with E-state index in [9.17, 15) is 14.1 Å². The summed E-state index contributed by atoms with van der Waals surface area (Å²) in [7, 11) is 3.56. The molecule has 1 aliphatic heterocycles. The Morgan fingerprint density at radius 1 is 1.21 bits per heavy atom. The van der Waals surface area contributed by atoms with Crippen LogP contribution < -0.4 is 15.0 Å². The molecule has 3 heterocycles. The third-order valence-electron chi connectivity index (χ3n) is 7.61. The molecular weight excluding hydrogens is 547 g/mol. The standard InChI is InChI=1S/C27H29FN4O2.C6H10N2O/c1-16-11-19-8-9-24(27-21(28)5-4-10-30-27)34-25(19)13-23(16)32(15-33)14-20-22(29-3)12-17(2)31-26(20)18-6-7-18;1-3-6(4-7-2)5-8-9/h4-5,10-13,15,18,24H,6-9,14H2,1-3H3,(H,29,31);3-4H,5H2,1-2H3/b;6-3+,7-4?. The van der Waals surface area contributed by atoms with E-state index in [0.717, 1.165) is 70.7 Å². The van der Waals surface area contributed by atoms with Gasteiger partial charge in [-0.05, 0) is 81.4 Å². The number of carbonyl (C=O) groups is 1. The lowest BCUT2D eigenvalue weighted by Crippen LogP contribution is -2.24. The van der Waals surface area contributed by atoms with Crippen LogP contribution in [0.15, 0.2) is 58.3 Å². The lowest BCUT2D eigenvalue weighted by atomic mass is 9.97. The summed E-state index contributed by atoms with van der Waals surface area (Å²) in [6.45, 7) is 6.48. The molecule has 5 rings (SSSR count). The minimum atomic E-state index is -0.451. The molecule has 1 fully saturated rings. The molecule has 1 aliphatic carbocycles. The Labute approximate surface area is 252 Å². The summed E-state index contributed by atoms with van der Waals surface area (Å²) < 4.78 is 20.5. The lowest BCUT2D eigenvalue weighted by molar-refractivity contribution is -0.107. The Morgan fingerprint density at radius 2 is 2.00 bits per heavy atom. The summed E-state index contributed by atoms with van der Waals surface area (Å²) in [6, 6.07) is 8.99. The van der Waals surface area contributed by atoms with Crippen molar-refractivity contribution in [3.8, 4) is 5.75 Å². The Kier molecular flexibility index (Phi) is 10.7. The Bertz CT molecular complexity index is 1520. The number of nitrogens with one attached hydrogen (secondary N) is 1. The molecule has 2 aliphatic rings. The van der Waals surface area contributed by atoms with E-state index in [1.165, 1.54) is 6.07 Å². The van der Waals surface area contributed by atoms with Crippen molar-refractivity contribution in [1.82, 2.24) is 9.97 Å². The topological polar surface area (TPSA) is 109 Å². The number of allylic oxidation sites excluding steroid dienone is 1. The van der Waals surface area contributed by atoms with Crippen LogP contribution in [-0.2, 0) is 17.8 Å². The molecule has 43 heavy (non-hydrogen) atoms. The number of anilines is 2. The van der Waals surface area contributed by atoms with Crippen LogP contribution in [0.1, 0.15) is 72.0 Å². The highest BCUT2D eigenvalue weighted by molar-refractivity contribution is 5.79. The van der Waals surface area contributed by atoms with Crippen molar-refractivity contribution >= 4 is 24.0 Å². The molecule has 3 aromatic rings. The van der Waals surface area contributed by atoms with Gasteiger partial charge in [-0.25, -0.2) is 4.39 Å². The second kappa shape index (κ2) is 14.6. The molecule has 0 spiro atoms. The zero-order valence-electron chi connectivity index (χ0n) is 25.4. The van der Waals surface area contributed by atoms with Gasteiger partial charge < -0.3 is 15.0 Å². The minimum Gasteiger partial charge on any atom is -0.484 e. The quantitative estimate of drug-likeness (QED) is 0.159. The summed E-state index contributed by atoms with van der Waals surface area (Å²) in [5, 5.41) is 6.00. The van der Waals surface area contributed by atoms with Crippen LogP contribution in [0, 0.1) is 24.6 Å². The molecule has 1 aromatic carbocycles. The molecule has 2 aromatic heterocycles. The van der Waals surface area contributed by atoms with Crippen molar-refractivity contribution in [1.29, 1.82) is 0 Å². The third kappa shape index (κ3) is 7.68. The monoisotopic (exact) mass is 586 g/mol. The molecule has 1 saturated carbocycles. The van der Waals surface area contributed by atoms with E-state index in [2.05, 4.69) is 26.5 Å². The number of aliphatic imine (C=N–C) groups is 1. The van der Waals surface area contributed by atoms with E-state index in [4.69, 9.17) is 9.72 Å². The number of amides is 1. The van der Waals surface area contributed by atoms with Crippen LogP contribution in [-0.4, -0.2) is 43.2 Å². The molecule has 0 radical (unpaired) electrons. The second-order valence-corrected chi connectivity index (χ2v) is 10.7. The first kappa shape index (κ1) is 31.5. The van der Waals surface area contributed by atoms with Gasteiger partial charge >= 0.3 is 0 Å². The molecule has 1 atom stereocenters. The molecular formula is C33H39FN6O3. The SMILES string of the molecule is C/C=C(\C=NC)CN=O.CNc1cc(C)nc(C2CC2)c1CN(C=O)c1cc2c(cc1C)CCC(c1ncccc1F)O2. The predicted molar refractivity (Wildman–Crippen MR) is 169 cm³/mol. The lowest BCUT2D eigenvalue weighted by Gasteiger charge is -2.29. The summed E-state index contributed by atoms with van der Waals surface area (Å²) in [5.41, 5.74) is 8.11. The van der Waals surface area contributed by atoms with Crippen LogP contribution in [0.5, 0.6) is 5.75 Å². The highest BCUT2D eigenvalue weighted by atomic mass is 19.1. The molecule has 0 saturated heterocycles. The fraction of sp³-hybridized carbons (Fsp3) is 0.394. The number of halogens is 1. The van der Waals surface area contributed by atoms with Gasteiger partial charge in [-0.3, -0.25) is 19.8 Å². The van der Waals surface area contributed by atoms with Crippen molar-refractivity contribution in [2.24, 2.45) is 10.2 Å². The molecule has 1 amide bonds. The highest BCUT2D eigenvalue weighted by Crippen LogP contribution is 2.44. The third-order valence-corrected chi connectivity index (χ3v) is 7.61. The Morgan fingerprint density at radius 3 is 2.63 bits per heavy atom. The number of aromatic nitrogens is 2. The van der Waals surface area contributed by atoms with E-state index in [1.54, 1.807) is 30.4 Å². The van der Waals surface area contributed by atoms with Crippen molar-refractivity contribution in [2.75, 3.05) is 30.9 Å². The number of fused-ring (bicyclic) bond motifs is 1. The van der Waals surface area contributed by atoms with Gasteiger partial charge in [0.2, 0.25) is 6.41 Å². The fourth-order valence-corrected chi connectivity index (χ4v) is 5.28. The summed E-state index contributed by atoms with van der Waals surface area (Å²) in [6.07, 6.45) is 9.11. The second-order valence-electron chi connectivity index (χ2n) is 10.7. The first-order chi connectivity index (χ1) is 20.8. The number of nitrogens with zero attached hydrogens (tertiary/aromatic N) is 5. The largest absolute Gasteiger partial charge is 0.484 e. The average Bonchev–Trinajstić information content (AvgIpc) is 3.86. The molecule has 0 bridgehead atoms. The van der Waals surface area contributed by atoms with E-state index >= 15 is 0 Å². The number of aryl methyl sites for hydroxylation is 3. The maximum atomic E-state index is 14.3. The smallest absolute Gasteiger partial charge is 0.214 e. The summed E-state index contributed by atoms with van der Waals surface area (Å²) in [4.78, 5) is 36.5. The van der Waals surface area contributed by atoms with Gasteiger partial charge in [0.15, 0.2) is 0 Å². The van der Waals surface area contributed by atoms with Crippen molar-refractivity contribution in [2.45, 2.75) is 65.0 Å². The zero-order valence-corrected chi connectivity index (χ0v) is 25.4. The first-order valence-corrected chi connectivity index (χ1v) is 14.5. The maximum absolute atomic E-state index is 14.3. The Hall–Kier alpha value is -4.47. The van der Waals surface area contributed by atoms with Crippen LogP contribution in [0.3, 0.4) is 0 Å². The zero-order chi connectivity index (χ0) is 30.9. The van der Waals surface area contributed by atoms with Gasteiger partial charge in [0.1, 0.15) is 29.9 Å². The van der Waals surface area contributed by atoms with Gasteiger partial charge in [0.05, 0.1) is 17.9 Å². The molecule has 10 heteroatoms. The number of nitroso groups, excluding NO2 is 1. The van der Waals surface area contributed by atoms with Crippen molar-refractivity contribution in [3.63, 3.8) is 0 Å². The van der Waals surface area contributed by atoms with Crippen LogP contribution in [0.25, 0.3) is 0 Å². The molecule has 9 nitrogen and oxygen atoms in total.